The fraction of sp³-hybridized carbons (Fsp3) is 0.381. The predicted octanol–water partition coefficient (Wildman–Crippen LogP) is 3.24. The third kappa shape index (κ3) is 4.45. The molecule has 0 saturated heterocycles. The summed E-state index contributed by atoms with van der Waals surface area (Å²) in [5.41, 5.74) is 1.83. The Balaban J connectivity index is 1.56. The molecule has 0 spiro atoms. The van der Waals surface area contributed by atoms with E-state index in [9.17, 15) is 4.79 Å². The summed E-state index contributed by atoms with van der Waals surface area (Å²) in [6, 6.07) is 13.5. The highest BCUT2D eigenvalue weighted by molar-refractivity contribution is 5.75. The van der Waals surface area contributed by atoms with Gasteiger partial charge in [-0.25, -0.2) is 4.79 Å². The average molecular weight is 370 g/mol. The van der Waals surface area contributed by atoms with Gasteiger partial charge in [0, 0.05) is 6.54 Å². The highest BCUT2D eigenvalue weighted by Gasteiger charge is 2.46. The second kappa shape index (κ2) is 8.20. The summed E-state index contributed by atoms with van der Waals surface area (Å²) in [6.45, 7) is 0.557. The fourth-order valence-corrected chi connectivity index (χ4v) is 3.15. The molecule has 2 amide bonds. The van der Waals surface area contributed by atoms with E-state index in [1.54, 1.807) is 21.3 Å². The second-order valence-electron chi connectivity index (χ2n) is 6.63. The van der Waals surface area contributed by atoms with Crippen molar-refractivity contribution in [1.29, 1.82) is 0 Å². The van der Waals surface area contributed by atoms with Crippen LogP contribution in [0, 0.1) is 0 Å². The molecule has 6 heteroatoms. The lowest BCUT2D eigenvalue weighted by atomic mass is 10.0. The topological polar surface area (TPSA) is 68.8 Å². The first-order valence-corrected chi connectivity index (χ1v) is 9.01. The van der Waals surface area contributed by atoms with Gasteiger partial charge in [-0.2, -0.15) is 0 Å². The van der Waals surface area contributed by atoms with Gasteiger partial charge < -0.3 is 24.8 Å². The highest BCUT2D eigenvalue weighted by atomic mass is 16.5. The van der Waals surface area contributed by atoms with Gasteiger partial charge in [-0.3, -0.25) is 0 Å². The van der Waals surface area contributed by atoms with E-state index >= 15 is 0 Å². The van der Waals surface area contributed by atoms with Gasteiger partial charge in [0.2, 0.25) is 0 Å². The smallest absolute Gasteiger partial charge is 0.315 e. The summed E-state index contributed by atoms with van der Waals surface area (Å²) in [6.07, 6.45) is 2.56. The maximum absolute atomic E-state index is 12.4. The van der Waals surface area contributed by atoms with Crippen LogP contribution in [0.15, 0.2) is 42.5 Å². The Hall–Kier alpha value is -2.89. The number of amides is 2. The zero-order valence-corrected chi connectivity index (χ0v) is 16.0. The van der Waals surface area contributed by atoms with Gasteiger partial charge >= 0.3 is 6.03 Å². The minimum atomic E-state index is -0.320. The molecule has 1 aliphatic carbocycles. The van der Waals surface area contributed by atoms with Crippen LogP contribution in [0.1, 0.15) is 24.0 Å². The Morgan fingerprint density at radius 2 is 1.78 bits per heavy atom. The minimum absolute atomic E-state index is 0.162. The van der Waals surface area contributed by atoms with Crippen LogP contribution >= 0.6 is 0 Å². The van der Waals surface area contributed by atoms with E-state index in [1.165, 1.54) is 0 Å². The van der Waals surface area contributed by atoms with E-state index in [2.05, 4.69) is 10.6 Å². The van der Waals surface area contributed by atoms with E-state index in [1.807, 2.05) is 42.5 Å². The molecule has 2 N–H and O–H groups in total. The van der Waals surface area contributed by atoms with E-state index in [4.69, 9.17) is 14.2 Å². The molecular weight excluding hydrogens is 344 g/mol. The van der Waals surface area contributed by atoms with Gasteiger partial charge in [-0.1, -0.05) is 18.2 Å². The van der Waals surface area contributed by atoms with Crippen molar-refractivity contribution in [1.82, 2.24) is 10.6 Å². The van der Waals surface area contributed by atoms with E-state index in [-0.39, 0.29) is 11.6 Å². The van der Waals surface area contributed by atoms with Crippen LogP contribution in [0.5, 0.6) is 17.2 Å². The molecule has 1 aliphatic rings. The third-order valence-electron chi connectivity index (χ3n) is 4.87. The Morgan fingerprint density at radius 1 is 1.00 bits per heavy atom. The average Bonchev–Trinajstić information content (AvgIpc) is 3.48. The van der Waals surface area contributed by atoms with Crippen LogP contribution in [0.3, 0.4) is 0 Å². The van der Waals surface area contributed by atoms with Crippen LogP contribution < -0.4 is 24.8 Å². The molecule has 0 heterocycles. The number of benzene rings is 2. The Morgan fingerprint density at radius 3 is 2.44 bits per heavy atom. The van der Waals surface area contributed by atoms with E-state index < -0.39 is 0 Å². The molecule has 0 bridgehead atoms. The van der Waals surface area contributed by atoms with Crippen molar-refractivity contribution in [2.24, 2.45) is 0 Å². The summed E-state index contributed by atoms with van der Waals surface area (Å²) in [7, 11) is 4.87. The quantitative estimate of drug-likeness (QED) is 0.748. The lowest BCUT2D eigenvalue weighted by Crippen LogP contribution is -2.42. The molecule has 0 aliphatic heterocycles. The molecule has 0 aromatic heterocycles. The van der Waals surface area contributed by atoms with Crippen molar-refractivity contribution in [3.8, 4) is 17.2 Å². The molecule has 1 saturated carbocycles. The number of ether oxygens (including phenoxy) is 3. The first kappa shape index (κ1) is 18.9. The maximum atomic E-state index is 12.4. The molecule has 144 valence electrons. The number of nitrogens with one attached hydrogen (secondary N) is 2. The number of hydrogen-bond donors (Lipinski definition) is 2. The molecule has 1 fully saturated rings. The minimum Gasteiger partial charge on any atom is -0.497 e. The number of urea groups is 1. The lowest BCUT2D eigenvalue weighted by Gasteiger charge is -2.20. The number of methoxy groups -OCH3 is 3. The molecule has 6 nitrogen and oxygen atoms in total. The molecular formula is C21H26N2O4. The monoisotopic (exact) mass is 370 g/mol. The molecule has 2 aromatic rings. The zero-order valence-electron chi connectivity index (χ0n) is 16.0. The Labute approximate surface area is 159 Å². The van der Waals surface area contributed by atoms with E-state index in [0.717, 1.165) is 36.1 Å². The molecule has 0 atom stereocenters. The maximum Gasteiger partial charge on any atom is 0.315 e. The largest absolute Gasteiger partial charge is 0.497 e. The van der Waals surface area contributed by atoms with Crippen LogP contribution in [-0.4, -0.2) is 33.9 Å². The van der Waals surface area contributed by atoms with Crippen molar-refractivity contribution in [2.45, 2.75) is 24.8 Å². The van der Waals surface area contributed by atoms with E-state index in [0.29, 0.717) is 18.0 Å². The lowest BCUT2D eigenvalue weighted by molar-refractivity contribution is 0.236. The van der Waals surface area contributed by atoms with Gasteiger partial charge in [0.25, 0.3) is 0 Å². The van der Waals surface area contributed by atoms with Gasteiger partial charge in [0.1, 0.15) is 5.75 Å². The summed E-state index contributed by atoms with van der Waals surface area (Å²) in [5.74, 6) is 2.17. The number of carbonyl (C=O) groups excluding carboxylic acids is 1. The predicted molar refractivity (Wildman–Crippen MR) is 104 cm³/mol. The van der Waals surface area contributed by atoms with Gasteiger partial charge in [0.15, 0.2) is 11.5 Å². The van der Waals surface area contributed by atoms with Crippen molar-refractivity contribution < 1.29 is 19.0 Å². The van der Waals surface area contributed by atoms with Crippen LogP contribution in [0.2, 0.25) is 0 Å². The van der Waals surface area contributed by atoms with Crippen molar-refractivity contribution >= 4 is 6.03 Å². The number of rotatable bonds is 8. The highest BCUT2D eigenvalue weighted by Crippen LogP contribution is 2.47. The molecule has 0 radical (unpaired) electrons. The normalized spacial score (nSPS) is 14.2. The SMILES string of the molecule is COc1cccc(CCNC(=O)NC2(c3ccc(OC)c(OC)c3)CC2)c1. The molecule has 27 heavy (non-hydrogen) atoms. The summed E-state index contributed by atoms with van der Waals surface area (Å²) < 4.78 is 15.9. The Kier molecular flexibility index (Phi) is 5.74. The summed E-state index contributed by atoms with van der Waals surface area (Å²) in [4.78, 5) is 12.4. The number of hydrogen-bond acceptors (Lipinski definition) is 4. The number of carbonyl (C=O) groups is 1. The van der Waals surface area contributed by atoms with Crippen molar-refractivity contribution in [3.05, 3.63) is 53.6 Å². The van der Waals surface area contributed by atoms with Crippen LogP contribution in [0.25, 0.3) is 0 Å². The van der Waals surface area contributed by atoms with Crippen molar-refractivity contribution in [3.63, 3.8) is 0 Å². The molecule has 0 unspecified atom stereocenters. The van der Waals surface area contributed by atoms with Crippen LogP contribution in [0.4, 0.5) is 4.79 Å². The van der Waals surface area contributed by atoms with Gasteiger partial charge in [-0.05, 0) is 54.7 Å². The summed E-state index contributed by atoms with van der Waals surface area (Å²) >= 11 is 0. The first-order chi connectivity index (χ1) is 13.1. The third-order valence-corrected chi connectivity index (χ3v) is 4.87. The van der Waals surface area contributed by atoms with Gasteiger partial charge in [0.05, 0.1) is 26.9 Å². The summed E-state index contributed by atoms with van der Waals surface area (Å²) in [5, 5.41) is 6.05. The van der Waals surface area contributed by atoms with Crippen molar-refractivity contribution in [2.75, 3.05) is 27.9 Å². The second-order valence-corrected chi connectivity index (χ2v) is 6.63. The van der Waals surface area contributed by atoms with Gasteiger partial charge in [-0.15, -0.1) is 0 Å². The zero-order chi connectivity index (χ0) is 19.3. The fourth-order valence-electron chi connectivity index (χ4n) is 3.15. The Bertz CT molecular complexity index is 803. The molecule has 2 aromatic carbocycles. The molecule has 3 rings (SSSR count). The van der Waals surface area contributed by atoms with Crippen LogP contribution in [-0.2, 0) is 12.0 Å². The standard InChI is InChI=1S/C21H26N2O4/c1-25-17-6-4-5-15(13-17)9-12-22-20(24)23-21(10-11-21)16-7-8-18(26-2)19(14-16)27-3/h4-8,13-14H,9-12H2,1-3H3,(H2,22,23,24). The first-order valence-electron chi connectivity index (χ1n) is 9.01.